The first-order valence-corrected chi connectivity index (χ1v) is 3.90. The number of benzene rings is 1. The van der Waals surface area contributed by atoms with E-state index in [2.05, 4.69) is 5.92 Å². The first-order valence-electron chi connectivity index (χ1n) is 3.90. The van der Waals surface area contributed by atoms with E-state index in [1.807, 2.05) is 6.07 Å². The molecule has 1 aromatic carbocycles. The molecule has 13 heavy (non-hydrogen) atoms. The van der Waals surface area contributed by atoms with E-state index < -0.39 is 6.10 Å². The first kappa shape index (κ1) is 9.32. The summed E-state index contributed by atoms with van der Waals surface area (Å²) in [6, 6.07) is 8.97. The molecule has 0 aromatic heterocycles. The van der Waals surface area contributed by atoms with E-state index in [1.54, 1.807) is 24.3 Å². The number of aliphatic hydroxyl groups is 1. The van der Waals surface area contributed by atoms with E-state index in [4.69, 9.17) is 11.7 Å². The van der Waals surface area contributed by atoms with Gasteiger partial charge in [0.15, 0.2) is 0 Å². The second kappa shape index (κ2) is 4.30. The number of nitriles is 1. The minimum atomic E-state index is -0.780. The molecule has 0 spiro atoms. The molecule has 0 aliphatic rings. The van der Waals surface area contributed by atoms with Crippen LogP contribution in [0.15, 0.2) is 24.3 Å². The Balaban J connectivity index is 3.02. The van der Waals surface area contributed by atoms with Crippen molar-refractivity contribution in [3.63, 3.8) is 0 Å². The third kappa shape index (κ3) is 2.08. The highest BCUT2D eigenvalue weighted by molar-refractivity contribution is 5.41. The zero-order valence-electron chi connectivity index (χ0n) is 7.07. The summed E-state index contributed by atoms with van der Waals surface area (Å²) < 4.78 is 0. The van der Waals surface area contributed by atoms with E-state index in [0.29, 0.717) is 11.1 Å². The van der Waals surface area contributed by atoms with Crippen molar-refractivity contribution < 1.29 is 5.11 Å². The highest BCUT2D eigenvalue weighted by Gasteiger charge is 2.09. The second-order valence-corrected chi connectivity index (χ2v) is 2.61. The molecule has 0 amide bonds. The summed E-state index contributed by atoms with van der Waals surface area (Å²) in [5.41, 5.74) is 1.29. The summed E-state index contributed by atoms with van der Waals surface area (Å²) in [5.74, 6) is 2.47. The fourth-order valence-corrected chi connectivity index (χ4v) is 1.12. The molecule has 0 radical (unpaired) electrons. The molecule has 1 rings (SSSR count). The molecule has 0 fully saturated rings. The van der Waals surface area contributed by atoms with Gasteiger partial charge in [0.25, 0.3) is 0 Å². The van der Waals surface area contributed by atoms with Crippen LogP contribution >= 0.6 is 0 Å². The third-order valence-corrected chi connectivity index (χ3v) is 1.76. The predicted octanol–water partition coefficient (Wildman–Crippen LogP) is 1.61. The Labute approximate surface area is 77.4 Å². The number of terminal acetylenes is 1. The average molecular weight is 171 g/mol. The van der Waals surface area contributed by atoms with Gasteiger partial charge in [0, 0.05) is 5.56 Å². The van der Waals surface area contributed by atoms with E-state index in [9.17, 15) is 5.11 Å². The number of hydrogen-bond donors (Lipinski definition) is 1. The average Bonchev–Trinajstić information content (AvgIpc) is 2.18. The maximum Gasteiger partial charge on any atom is 0.0931 e. The van der Waals surface area contributed by atoms with E-state index in [0.717, 1.165) is 0 Å². The van der Waals surface area contributed by atoms with Gasteiger partial charge in [-0.1, -0.05) is 24.1 Å². The number of aliphatic hydroxyl groups excluding tert-OH is 1. The molecule has 0 saturated heterocycles. The van der Waals surface area contributed by atoms with Crippen molar-refractivity contribution >= 4 is 0 Å². The number of nitrogens with zero attached hydrogens (tertiary/aromatic N) is 1. The highest BCUT2D eigenvalue weighted by Crippen LogP contribution is 2.19. The first-order chi connectivity index (χ1) is 6.29. The Bertz CT molecular complexity index is 370. The smallest absolute Gasteiger partial charge is 0.0931 e. The molecule has 0 aliphatic heterocycles. The van der Waals surface area contributed by atoms with Crippen LogP contribution in [0.5, 0.6) is 0 Å². The minimum Gasteiger partial charge on any atom is -0.387 e. The molecule has 0 bridgehead atoms. The Morgan fingerprint density at radius 1 is 1.46 bits per heavy atom. The molecular weight excluding hydrogens is 162 g/mol. The molecule has 1 atom stereocenters. The summed E-state index contributed by atoms with van der Waals surface area (Å²) in [4.78, 5) is 0. The lowest BCUT2D eigenvalue weighted by Gasteiger charge is -2.08. The van der Waals surface area contributed by atoms with Gasteiger partial charge in [-0.15, -0.1) is 6.42 Å². The van der Waals surface area contributed by atoms with Crippen LogP contribution in [-0.4, -0.2) is 5.11 Å². The zero-order valence-corrected chi connectivity index (χ0v) is 7.07. The van der Waals surface area contributed by atoms with Gasteiger partial charge in [-0.25, -0.2) is 0 Å². The maximum absolute atomic E-state index is 9.51. The Hall–Kier alpha value is -1.77. The zero-order chi connectivity index (χ0) is 9.68. The lowest BCUT2D eigenvalue weighted by molar-refractivity contribution is 0.183. The Kier molecular flexibility index (Phi) is 3.09. The van der Waals surface area contributed by atoms with E-state index in [-0.39, 0.29) is 6.42 Å². The Morgan fingerprint density at radius 2 is 2.15 bits per heavy atom. The summed E-state index contributed by atoms with van der Waals surface area (Å²) in [6.07, 6.45) is 4.53. The van der Waals surface area contributed by atoms with Gasteiger partial charge in [-0.3, -0.25) is 0 Å². The van der Waals surface area contributed by atoms with Crippen LogP contribution in [0.25, 0.3) is 0 Å². The van der Waals surface area contributed by atoms with Crippen LogP contribution in [0.1, 0.15) is 23.7 Å². The molecular formula is C11H9NO. The summed E-state index contributed by atoms with van der Waals surface area (Å²) >= 11 is 0. The van der Waals surface area contributed by atoms with Crippen molar-refractivity contribution in [3.8, 4) is 18.4 Å². The minimum absolute atomic E-state index is 0.0681. The van der Waals surface area contributed by atoms with Gasteiger partial charge in [-0.05, 0) is 11.6 Å². The fraction of sp³-hybridized carbons (Fsp3) is 0.182. The molecule has 2 nitrogen and oxygen atoms in total. The second-order valence-electron chi connectivity index (χ2n) is 2.61. The quantitative estimate of drug-likeness (QED) is 0.687. The molecule has 1 N–H and O–H groups in total. The predicted molar refractivity (Wildman–Crippen MR) is 49.6 cm³/mol. The largest absolute Gasteiger partial charge is 0.387 e. The molecule has 1 aromatic rings. The molecule has 0 aliphatic carbocycles. The third-order valence-electron chi connectivity index (χ3n) is 1.76. The van der Waals surface area contributed by atoms with Crippen LogP contribution in [0.2, 0.25) is 0 Å². The normalized spacial score (nSPS) is 11.3. The van der Waals surface area contributed by atoms with Crippen LogP contribution < -0.4 is 0 Å². The standard InChI is InChI=1S/C11H9NO/c1-2-9-5-3-4-6-10(9)11(13)7-8-12/h1,3-6,11,13H,7H2. The van der Waals surface area contributed by atoms with E-state index >= 15 is 0 Å². The van der Waals surface area contributed by atoms with Gasteiger partial charge in [0.2, 0.25) is 0 Å². The maximum atomic E-state index is 9.51. The van der Waals surface area contributed by atoms with Crippen molar-refractivity contribution in [1.29, 1.82) is 5.26 Å². The van der Waals surface area contributed by atoms with Gasteiger partial charge in [-0.2, -0.15) is 5.26 Å². The van der Waals surface area contributed by atoms with Crippen molar-refractivity contribution in [2.75, 3.05) is 0 Å². The van der Waals surface area contributed by atoms with Crippen LogP contribution in [0.4, 0.5) is 0 Å². The SMILES string of the molecule is C#Cc1ccccc1C(O)CC#N. The van der Waals surface area contributed by atoms with Crippen molar-refractivity contribution in [2.45, 2.75) is 12.5 Å². The van der Waals surface area contributed by atoms with Gasteiger partial charge < -0.3 is 5.11 Å². The van der Waals surface area contributed by atoms with Crippen molar-refractivity contribution in [3.05, 3.63) is 35.4 Å². The van der Waals surface area contributed by atoms with Crippen molar-refractivity contribution in [1.82, 2.24) is 0 Å². The lowest BCUT2D eigenvalue weighted by Crippen LogP contribution is -1.98. The Morgan fingerprint density at radius 3 is 2.77 bits per heavy atom. The molecule has 0 heterocycles. The van der Waals surface area contributed by atoms with Gasteiger partial charge >= 0.3 is 0 Å². The fourth-order valence-electron chi connectivity index (χ4n) is 1.12. The van der Waals surface area contributed by atoms with E-state index in [1.165, 1.54) is 0 Å². The lowest BCUT2D eigenvalue weighted by atomic mass is 10.0. The molecule has 64 valence electrons. The van der Waals surface area contributed by atoms with Crippen LogP contribution in [0, 0.1) is 23.7 Å². The molecule has 2 heteroatoms. The van der Waals surface area contributed by atoms with Gasteiger partial charge in [0.05, 0.1) is 18.6 Å². The van der Waals surface area contributed by atoms with Gasteiger partial charge in [0.1, 0.15) is 0 Å². The topological polar surface area (TPSA) is 44.0 Å². The highest BCUT2D eigenvalue weighted by atomic mass is 16.3. The van der Waals surface area contributed by atoms with Crippen LogP contribution in [0.3, 0.4) is 0 Å². The number of hydrogen-bond acceptors (Lipinski definition) is 2. The summed E-state index contributed by atoms with van der Waals surface area (Å²) in [5, 5.41) is 17.9. The summed E-state index contributed by atoms with van der Waals surface area (Å²) in [7, 11) is 0. The molecule has 0 saturated carbocycles. The van der Waals surface area contributed by atoms with Crippen LogP contribution in [-0.2, 0) is 0 Å². The van der Waals surface area contributed by atoms with Crippen molar-refractivity contribution in [2.24, 2.45) is 0 Å². The molecule has 1 unspecified atom stereocenters. The number of rotatable bonds is 2. The monoisotopic (exact) mass is 171 g/mol. The summed E-state index contributed by atoms with van der Waals surface area (Å²) in [6.45, 7) is 0.